The highest BCUT2D eigenvalue weighted by molar-refractivity contribution is 6.02. The number of amides is 2. The van der Waals surface area contributed by atoms with E-state index < -0.39 is 5.92 Å². The summed E-state index contributed by atoms with van der Waals surface area (Å²) in [5.74, 6) is 0.0131. The normalized spacial score (nSPS) is 16.0. The molecular weight excluding hydrogens is 354 g/mol. The fourth-order valence-corrected chi connectivity index (χ4v) is 3.57. The summed E-state index contributed by atoms with van der Waals surface area (Å²) < 4.78 is 5.46. The lowest BCUT2D eigenvalue weighted by molar-refractivity contribution is -0.136. The minimum absolute atomic E-state index is 0.0622. The molecular formula is C22H21N3O3. The van der Waals surface area contributed by atoms with Gasteiger partial charge >= 0.3 is 0 Å². The van der Waals surface area contributed by atoms with Crippen LogP contribution in [0.2, 0.25) is 0 Å². The largest absolute Gasteiger partial charge is 0.467 e. The highest BCUT2D eigenvalue weighted by atomic mass is 16.3. The van der Waals surface area contributed by atoms with Crippen molar-refractivity contribution in [3.05, 3.63) is 84.1 Å². The number of furan rings is 1. The number of benzene rings is 1. The van der Waals surface area contributed by atoms with E-state index in [-0.39, 0.29) is 18.2 Å². The van der Waals surface area contributed by atoms with Gasteiger partial charge in [0.15, 0.2) is 0 Å². The predicted octanol–water partition coefficient (Wildman–Crippen LogP) is 3.35. The highest BCUT2D eigenvalue weighted by Crippen LogP contribution is 2.36. The number of hydrogen-bond donors (Lipinski definition) is 0. The molecule has 142 valence electrons. The molecule has 1 aliphatic heterocycles. The van der Waals surface area contributed by atoms with E-state index in [4.69, 9.17) is 4.42 Å². The molecule has 2 amide bonds. The third-order valence-corrected chi connectivity index (χ3v) is 5.04. The fourth-order valence-electron chi connectivity index (χ4n) is 3.57. The van der Waals surface area contributed by atoms with E-state index in [1.807, 2.05) is 48.5 Å². The molecule has 4 rings (SSSR count). The number of carbonyl (C=O) groups is 2. The molecule has 1 aliphatic rings. The van der Waals surface area contributed by atoms with Crippen LogP contribution in [0, 0.1) is 0 Å². The zero-order valence-electron chi connectivity index (χ0n) is 15.6. The minimum Gasteiger partial charge on any atom is -0.467 e. The van der Waals surface area contributed by atoms with Crippen LogP contribution in [-0.4, -0.2) is 28.7 Å². The molecule has 0 N–H and O–H groups in total. The van der Waals surface area contributed by atoms with Gasteiger partial charge in [-0.25, -0.2) is 0 Å². The summed E-state index contributed by atoms with van der Waals surface area (Å²) in [6.45, 7) is 0.675. The zero-order chi connectivity index (χ0) is 19.5. The molecule has 2 aromatic heterocycles. The van der Waals surface area contributed by atoms with Crippen molar-refractivity contribution in [1.82, 2.24) is 9.88 Å². The second-order valence-electron chi connectivity index (χ2n) is 6.86. The summed E-state index contributed by atoms with van der Waals surface area (Å²) in [5.41, 5.74) is 2.45. The fraction of sp³-hybridized carbons (Fsp3) is 0.227. The van der Waals surface area contributed by atoms with Crippen molar-refractivity contribution in [2.24, 2.45) is 0 Å². The Bertz CT molecular complexity index is 970. The van der Waals surface area contributed by atoms with Gasteiger partial charge in [0.05, 0.1) is 31.0 Å². The number of aromatic nitrogens is 1. The van der Waals surface area contributed by atoms with Crippen molar-refractivity contribution in [3.63, 3.8) is 0 Å². The van der Waals surface area contributed by atoms with Gasteiger partial charge in [0.1, 0.15) is 5.76 Å². The predicted molar refractivity (Wildman–Crippen MR) is 104 cm³/mol. The zero-order valence-corrected chi connectivity index (χ0v) is 15.6. The van der Waals surface area contributed by atoms with Crippen LogP contribution >= 0.6 is 0 Å². The first-order chi connectivity index (χ1) is 13.6. The standard InChI is InChI=1S/C22H21N3O3/c1-24-20-10-3-2-9-18(20)19(13-21(24)26)22(27)25(15-17-8-6-12-28-17)14-16-7-4-5-11-23-16/h2-12,19H,13-15H2,1H3. The van der Waals surface area contributed by atoms with Crippen LogP contribution in [-0.2, 0) is 22.7 Å². The SMILES string of the molecule is CN1C(=O)CC(C(=O)N(Cc2ccccn2)Cc2ccco2)c2ccccc21. The Morgan fingerprint density at radius 3 is 2.71 bits per heavy atom. The van der Waals surface area contributed by atoms with Crippen molar-refractivity contribution in [2.45, 2.75) is 25.4 Å². The molecule has 0 saturated carbocycles. The molecule has 0 radical (unpaired) electrons. The van der Waals surface area contributed by atoms with Crippen molar-refractivity contribution < 1.29 is 14.0 Å². The van der Waals surface area contributed by atoms with Crippen LogP contribution in [0.5, 0.6) is 0 Å². The van der Waals surface area contributed by atoms with Gasteiger partial charge in [0.2, 0.25) is 11.8 Å². The minimum atomic E-state index is -0.515. The monoisotopic (exact) mass is 375 g/mol. The number of para-hydroxylation sites is 1. The molecule has 0 saturated heterocycles. The maximum absolute atomic E-state index is 13.5. The van der Waals surface area contributed by atoms with Gasteiger partial charge in [0, 0.05) is 25.4 Å². The van der Waals surface area contributed by atoms with Gasteiger partial charge in [-0.15, -0.1) is 0 Å². The smallest absolute Gasteiger partial charge is 0.231 e. The number of fused-ring (bicyclic) bond motifs is 1. The van der Waals surface area contributed by atoms with E-state index in [1.54, 1.807) is 35.4 Å². The van der Waals surface area contributed by atoms with E-state index >= 15 is 0 Å². The molecule has 1 atom stereocenters. The summed E-state index contributed by atoms with van der Waals surface area (Å²) in [6.07, 6.45) is 3.45. The lowest BCUT2D eigenvalue weighted by Crippen LogP contribution is -2.41. The Morgan fingerprint density at radius 1 is 1.14 bits per heavy atom. The summed E-state index contributed by atoms with van der Waals surface area (Å²) in [6, 6.07) is 16.8. The quantitative estimate of drug-likeness (QED) is 0.686. The molecule has 1 aromatic carbocycles. The Balaban J connectivity index is 1.66. The number of hydrogen-bond acceptors (Lipinski definition) is 4. The molecule has 3 heterocycles. The van der Waals surface area contributed by atoms with Crippen molar-refractivity contribution in [2.75, 3.05) is 11.9 Å². The first kappa shape index (κ1) is 18.0. The van der Waals surface area contributed by atoms with Crippen LogP contribution in [0.1, 0.15) is 29.4 Å². The second-order valence-corrected chi connectivity index (χ2v) is 6.86. The number of carbonyl (C=O) groups excluding carboxylic acids is 2. The molecule has 6 heteroatoms. The van der Waals surface area contributed by atoms with E-state index in [9.17, 15) is 9.59 Å². The maximum atomic E-state index is 13.5. The molecule has 0 aliphatic carbocycles. The van der Waals surface area contributed by atoms with Crippen LogP contribution in [0.4, 0.5) is 5.69 Å². The lowest BCUT2D eigenvalue weighted by atomic mass is 9.88. The summed E-state index contributed by atoms with van der Waals surface area (Å²) >= 11 is 0. The first-order valence-corrected chi connectivity index (χ1v) is 9.20. The second kappa shape index (κ2) is 7.68. The average Bonchev–Trinajstić information content (AvgIpc) is 3.24. The number of pyridine rings is 1. The van der Waals surface area contributed by atoms with Gasteiger partial charge < -0.3 is 14.2 Å². The summed E-state index contributed by atoms with van der Waals surface area (Å²) in [7, 11) is 1.75. The third-order valence-electron chi connectivity index (χ3n) is 5.04. The summed E-state index contributed by atoms with van der Waals surface area (Å²) in [4.78, 5) is 33.7. The Labute approximate surface area is 163 Å². The van der Waals surface area contributed by atoms with Gasteiger partial charge in [-0.1, -0.05) is 24.3 Å². The van der Waals surface area contributed by atoms with E-state index in [1.165, 1.54) is 0 Å². The maximum Gasteiger partial charge on any atom is 0.231 e. The van der Waals surface area contributed by atoms with Gasteiger partial charge in [-0.2, -0.15) is 0 Å². The Morgan fingerprint density at radius 2 is 1.96 bits per heavy atom. The molecule has 28 heavy (non-hydrogen) atoms. The van der Waals surface area contributed by atoms with E-state index in [0.29, 0.717) is 18.8 Å². The number of nitrogens with zero attached hydrogens (tertiary/aromatic N) is 3. The highest BCUT2D eigenvalue weighted by Gasteiger charge is 2.36. The average molecular weight is 375 g/mol. The molecule has 0 fully saturated rings. The molecule has 6 nitrogen and oxygen atoms in total. The first-order valence-electron chi connectivity index (χ1n) is 9.20. The van der Waals surface area contributed by atoms with Gasteiger partial charge in [0.25, 0.3) is 0 Å². The molecule has 0 bridgehead atoms. The van der Waals surface area contributed by atoms with Crippen molar-refractivity contribution in [1.29, 1.82) is 0 Å². The molecule has 0 spiro atoms. The van der Waals surface area contributed by atoms with E-state index in [0.717, 1.165) is 16.9 Å². The van der Waals surface area contributed by atoms with Crippen molar-refractivity contribution >= 4 is 17.5 Å². The van der Waals surface area contributed by atoms with Crippen LogP contribution in [0.3, 0.4) is 0 Å². The lowest BCUT2D eigenvalue weighted by Gasteiger charge is -2.33. The molecule has 1 unspecified atom stereocenters. The van der Waals surface area contributed by atoms with Crippen LogP contribution in [0.15, 0.2) is 71.5 Å². The van der Waals surface area contributed by atoms with Gasteiger partial charge in [-0.3, -0.25) is 14.6 Å². The van der Waals surface area contributed by atoms with E-state index in [2.05, 4.69) is 4.98 Å². The number of rotatable bonds is 5. The Kier molecular flexibility index (Phi) is 4.93. The molecule has 3 aromatic rings. The van der Waals surface area contributed by atoms with Crippen LogP contribution in [0.25, 0.3) is 0 Å². The van der Waals surface area contributed by atoms with Crippen LogP contribution < -0.4 is 4.90 Å². The number of anilines is 1. The topological polar surface area (TPSA) is 66.7 Å². The van der Waals surface area contributed by atoms with Gasteiger partial charge in [-0.05, 0) is 35.9 Å². The summed E-state index contributed by atoms with van der Waals surface area (Å²) in [5, 5.41) is 0. The Hall–Kier alpha value is -3.41. The van der Waals surface area contributed by atoms with Crippen molar-refractivity contribution in [3.8, 4) is 0 Å². The third kappa shape index (κ3) is 3.53.